The molecule has 6 atom stereocenters. The Balaban J connectivity index is 1.52. The highest BCUT2D eigenvalue weighted by molar-refractivity contribution is 5.35. The lowest BCUT2D eigenvalue weighted by molar-refractivity contribution is -0.0928. The molecule has 6 unspecified atom stereocenters. The molecule has 170 valence electrons. The zero-order valence-corrected chi connectivity index (χ0v) is 20.3. The monoisotopic (exact) mass is 414 g/mol. The highest BCUT2D eigenvalue weighted by Gasteiger charge is 2.58. The van der Waals surface area contributed by atoms with Crippen LogP contribution in [0, 0.1) is 34.0 Å². The SMILES string of the molecule is C/C(=C\CCCC1CCC2C3=C(CCC12C)C1(C)CCC(O)C(C)(C)C1CC3)CO. The van der Waals surface area contributed by atoms with Crippen LogP contribution in [0.5, 0.6) is 0 Å². The topological polar surface area (TPSA) is 40.5 Å². The van der Waals surface area contributed by atoms with Crippen molar-refractivity contribution in [2.75, 3.05) is 6.61 Å². The molecule has 0 amide bonds. The molecule has 2 saturated carbocycles. The van der Waals surface area contributed by atoms with Crippen LogP contribution in [0.3, 0.4) is 0 Å². The predicted molar refractivity (Wildman–Crippen MR) is 125 cm³/mol. The van der Waals surface area contributed by atoms with Crippen molar-refractivity contribution in [3.63, 3.8) is 0 Å². The van der Waals surface area contributed by atoms with E-state index in [-0.39, 0.29) is 18.1 Å². The van der Waals surface area contributed by atoms with Crippen LogP contribution in [-0.2, 0) is 0 Å². The first-order chi connectivity index (χ1) is 14.1. The minimum atomic E-state index is -0.133. The maximum absolute atomic E-state index is 10.7. The molecule has 4 aliphatic rings. The van der Waals surface area contributed by atoms with E-state index < -0.39 is 0 Å². The minimum Gasteiger partial charge on any atom is -0.393 e. The fourth-order valence-corrected chi connectivity index (χ4v) is 8.64. The normalized spacial score (nSPS) is 43.2. The van der Waals surface area contributed by atoms with E-state index in [1.165, 1.54) is 57.8 Å². The van der Waals surface area contributed by atoms with Gasteiger partial charge in [-0.15, -0.1) is 0 Å². The van der Waals surface area contributed by atoms with Gasteiger partial charge in [0.15, 0.2) is 0 Å². The van der Waals surface area contributed by atoms with Gasteiger partial charge in [0, 0.05) is 0 Å². The standard InChI is InChI=1S/C28H46O2/c1-19(18-29)8-6-7-9-20-10-12-22-21-11-13-24-26(2,3)25(30)15-17-28(24,5)23(21)14-16-27(20,22)4/h8,20,22,24-25,29-30H,6-7,9-18H2,1-5H3/b19-8+. The lowest BCUT2D eigenvalue weighted by Gasteiger charge is -2.59. The molecule has 4 rings (SSSR count). The molecule has 0 saturated heterocycles. The van der Waals surface area contributed by atoms with Crippen molar-refractivity contribution in [1.82, 2.24) is 0 Å². The van der Waals surface area contributed by atoms with E-state index in [0.717, 1.165) is 30.3 Å². The molecule has 30 heavy (non-hydrogen) atoms. The van der Waals surface area contributed by atoms with Crippen LogP contribution in [0.2, 0.25) is 0 Å². The molecule has 0 aromatic heterocycles. The Kier molecular flexibility index (Phi) is 6.08. The number of aliphatic hydroxyl groups excluding tert-OH is 2. The predicted octanol–water partition coefficient (Wildman–Crippen LogP) is 6.82. The maximum Gasteiger partial charge on any atom is 0.0639 e. The lowest BCUT2D eigenvalue weighted by atomic mass is 9.46. The van der Waals surface area contributed by atoms with Crippen LogP contribution < -0.4 is 0 Å². The van der Waals surface area contributed by atoms with Gasteiger partial charge in [0.25, 0.3) is 0 Å². The van der Waals surface area contributed by atoms with Gasteiger partial charge >= 0.3 is 0 Å². The summed E-state index contributed by atoms with van der Waals surface area (Å²) < 4.78 is 0. The number of allylic oxidation sites excluding steroid dienone is 3. The summed E-state index contributed by atoms with van der Waals surface area (Å²) in [6, 6.07) is 0. The Morgan fingerprint density at radius 3 is 2.53 bits per heavy atom. The smallest absolute Gasteiger partial charge is 0.0639 e. The second kappa shape index (κ2) is 8.07. The second-order valence-corrected chi connectivity index (χ2v) is 12.4. The molecule has 2 nitrogen and oxygen atoms in total. The summed E-state index contributed by atoms with van der Waals surface area (Å²) in [6.45, 7) is 12.1. The van der Waals surface area contributed by atoms with Crippen LogP contribution in [0.1, 0.15) is 105 Å². The maximum atomic E-state index is 10.7. The number of hydrogen-bond acceptors (Lipinski definition) is 2. The number of hydrogen-bond donors (Lipinski definition) is 2. The van der Waals surface area contributed by atoms with Gasteiger partial charge in [-0.05, 0) is 112 Å². The van der Waals surface area contributed by atoms with E-state index in [0.29, 0.717) is 16.7 Å². The Labute approximate surface area is 185 Å². The lowest BCUT2D eigenvalue weighted by Crippen LogP contribution is -2.53. The van der Waals surface area contributed by atoms with Gasteiger partial charge in [0.05, 0.1) is 12.7 Å². The van der Waals surface area contributed by atoms with E-state index in [1.54, 1.807) is 0 Å². The van der Waals surface area contributed by atoms with E-state index in [9.17, 15) is 10.2 Å². The van der Waals surface area contributed by atoms with Crippen LogP contribution in [0.25, 0.3) is 0 Å². The van der Waals surface area contributed by atoms with Gasteiger partial charge in [-0.1, -0.05) is 50.5 Å². The molecule has 4 aliphatic carbocycles. The third-order valence-electron chi connectivity index (χ3n) is 10.6. The third kappa shape index (κ3) is 3.45. The average Bonchev–Trinajstić information content (AvgIpc) is 3.04. The van der Waals surface area contributed by atoms with Crippen molar-refractivity contribution in [3.05, 3.63) is 22.8 Å². The molecule has 0 bridgehead atoms. The molecule has 0 heterocycles. The van der Waals surface area contributed by atoms with E-state index in [2.05, 4.69) is 33.8 Å². The van der Waals surface area contributed by atoms with Crippen molar-refractivity contribution in [1.29, 1.82) is 0 Å². The number of unbranched alkanes of at least 4 members (excludes halogenated alkanes) is 1. The van der Waals surface area contributed by atoms with Crippen molar-refractivity contribution in [3.8, 4) is 0 Å². The van der Waals surface area contributed by atoms with E-state index in [1.807, 2.05) is 18.1 Å². The molecule has 2 heteroatoms. The quantitative estimate of drug-likeness (QED) is 0.383. The van der Waals surface area contributed by atoms with Crippen molar-refractivity contribution >= 4 is 0 Å². The molecular formula is C28H46O2. The average molecular weight is 415 g/mol. The number of fused-ring (bicyclic) bond motifs is 4. The summed E-state index contributed by atoms with van der Waals surface area (Å²) in [4.78, 5) is 0. The minimum absolute atomic E-state index is 0.0463. The first-order valence-corrected chi connectivity index (χ1v) is 12.8. The molecule has 0 aromatic rings. The van der Waals surface area contributed by atoms with Crippen LogP contribution in [0.4, 0.5) is 0 Å². The summed E-state index contributed by atoms with van der Waals surface area (Å²) in [6.07, 6.45) is 16.1. The van der Waals surface area contributed by atoms with Gasteiger partial charge in [0.2, 0.25) is 0 Å². The molecule has 0 aliphatic heterocycles. The third-order valence-corrected chi connectivity index (χ3v) is 10.6. The molecule has 0 radical (unpaired) electrons. The summed E-state index contributed by atoms with van der Waals surface area (Å²) in [5, 5.41) is 19.9. The largest absolute Gasteiger partial charge is 0.393 e. The molecular weight excluding hydrogens is 368 g/mol. The van der Waals surface area contributed by atoms with Gasteiger partial charge in [-0.3, -0.25) is 0 Å². The fourth-order valence-electron chi connectivity index (χ4n) is 8.64. The Bertz CT molecular complexity index is 716. The van der Waals surface area contributed by atoms with Crippen LogP contribution >= 0.6 is 0 Å². The number of aliphatic hydroxyl groups is 2. The Morgan fingerprint density at radius 2 is 1.80 bits per heavy atom. The van der Waals surface area contributed by atoms with E-state index >= 15 is 0 Å². The Morgan fingerprint density at radius 1 is 1.03 bits per heavy atom. The summed E-state index contributed by atoms with van der Waals surface area (Å²) in [7, 11) is 0. The summed E-state index contributed by atoms with van der Waals surface area (Å²) in [5.74, 6) is 2.32. The van der Waals surface area contributed by atoms with Crippen LogP contribution in [0.15, 0.2) is 22.8 Å². The van der Waals surface area contributed by atoms with Gasteiger partial charge < -0.3 is 10.2 Å². The van der Waals surface area contributed by atoms with Crippen molar-refractivity contribution in [2.24, 2.45) is 34.0 Å². The van der Waals surface area contributed by atoms with Gasteiger partial charge in [-0.2, -0.15) is 0 Å². The second-order valence-electron chi connectivity index (χ2n) is 12.4. The van der Waals surface area contributed by atoms with Crippen LogP contribution in [-0.4, -0.2) is 22.9 Å². The summed E-state index contributed by atoms with van der Waals surface area (Å²) in [5.41, 5.74) is 5.69. The summed E-state index contributed by atoms with van der Waals surface area (Å²) >= 11 is 0. The van der Waals surface area contributed by atoms with E-state index in [4.69, 9.17) is 0 Å². The van der Waals surface area contributed by atoms with Gasteiger partial charge in [-0.25, -0.2) is 0 Å². The molecule has 2 N–H and O–H groups in total. The first-order valence-electron chi connectivity index (χ1n) is 12.8. The highest BCUT2D eigenvalue weighted by atomic mass is 16.3. The van der Waals surface area contributed by atoms with Gasteiger partial charge in [0.1, 0.15) is 0 Å². The Hall–Kier alpha value is -0.600. The molecule has 0 aromatic carbocycles. The molecule has 0 spiro atoms. The highest BCUT2D eigenvalue weighted by Crippen LogP contribution is 2.67. The zero-order valence-electron chi connectivity index (χ0n) is 20.3. The van der Waals surface area contributed by atoms with Crippen molar-refractivity contribution in [2.45, 2.75) is 111 Å². The number of rotatable bonds is 5. The zero-order chi connectivity index (χ0) is 21.7. The molecule has 2 fully saturated rings. The van der Waals surface area contributed by atoms with Crippen molar-refractivity contribution < 1.29 is 10.2 Å². The fraction of sp³-hybridized carbons (Fsp3) is 0.857. The first kappa shape index (κ1) is 22.6.